The highest BCUT2D eigenvalue weighted by Crippen LogP contribution is 2.31. The Morgan fingerprint density at radius 3 is 2.69 bits per heavy atom. The largest absolute Gasteiger partial charge is 0.349 e. The third-order valence-corrected chi connectivity index (χ3v) is 7.40. The van der Waals surface area contributed by atoms with Gasteiger partial charge in [0.2, 0.25) is 0 Å². The predicted molar refractivity (Wildman–Crippen MR) is 122 cm³/mol. The van der Waals surface area contributed by atoms with Gasteiger partial charge in [0.05, 0.1) is 16.3 Å². The van der Waals surface area contributed by atoms with Crippen LogP contribution in [0, 0.1) is 6.92 Å². The number of hydrogen-bond acceptors (Lipinski definition) is 5. The summed E-state index contributed by atoms with van der Waals surface area (Å²) in [6, 6.07) is 11.3. The molecule has 9 heteroatoms. The number of imide groups is 1. The van der Waals surface area contributed by atoms with E-state index in [9.17, 15) is 14.4 Å². The van der Waals surface area contributed by atoms with Crippen molar-refractivity contribution in [2.75, 3.05) is 13.6 Å². The molecule has 1 aliphatic carbocycles. The molecule has 32 heavy (non-hydrogen) atoms. The minimum absolute atomic E-state index is 0.0651. The number of likely N-dealkylation sites (N-methyl/N-ethyl adjacent to an activating group) is 1. The van der Waals surface area contributed by atoms with E-state index in [1.54, 1.807) is 7.05 Å². The van der Waals surface area contributed by atoms with E-state index in [4.69, 9.17) is 0 Å². The van der Waals surface area contributed by atoms with Crippen LogP contribution in [-0.4, -0.2) is 63.1 Å². The van der Waals surface area contributed by atoms with E-state index in [1.807, 2.05) is 48.0 Å². The van der Waals surface area contributed by atoms with Crippen molar-refractivity contribution in [2.45, 2.75) is 44.7 Å². The normalized spacial score (nSPS) is 21.6. The summed E-state index contributed by atoms with van der Waals surface area (Å²) < 4.78 is 1.88. The van der Waals surface area contributed by atoms with Gasteiger partial charge in [-0.1, -0.05) is 18.2 Å². The Bertz CT molecular complexity index is 1200. The molecule has 1 aromatic carbocycles. The van der Waals surface area contributed by atoms with Crippen molar-refractivity contribution in [3.63, 3.8) is 0 Å². The number of nitrogens with one attached hydrogen (secondary N) is 1. The predicted octanol–water partition coefficient (Wildman–Crippen LogP) is 3.33. The number of carbonyl (C=O) groups is 3. The molecule has 4 amide bonds. The van der Waals surface area contributed by atoms with Crippen LogP contribution in [0.25, 0.3) is 15.9 Å². The van der Waals surface area contributed by atoms with Gasteiger partial charge in [0.15, 0.2) is 0 Å². The van der Waals surface area contributed by atoms with Crippen LogP contribution in [-0.2, 0) is 4.79 Å². The lowest BCUT2D eigenvalue weighted by Crippen LogP contribution is -2.48. The standard InChI is InChI=1S/C23H25N5O3S/c1-14-18-12-19(32-22(18)28(25-14)16-8-4-3-5-9-16)21(30)24-15-7-6-10-17(11-15)27-20(29)13-26(2)23(27)31/h3-5,8-9,12,15,17H,6-7,10-11,13H2,1-2H3,(H,24,30). The maximum Gasteiger partial charge on any atom is 0.327 e. The van der Waals surface area contributed by atoms with Crippen molar-refractivity contribution in [2.24, 2.45) is 0 Å². The van der Waals surface area contributed by atoms with Crippen LogP contribution < -0.4 is 5.32 Å². The van der Waals surface area contributed by atoms with Crippen LogP contribution in [0.3, 0.4) is 0 Å². The fourth-order valence-corrected chi connectivity index (χ4v) is 5.77. The molecule has 2 atom stereocenters. The van der Waals surface area contributed by atoms with Gasteiger partial charge in [-0.2, -0.15) is 5.10 Å². The molecule has 2 fully saturated rings. The number of urea groups is 1. The van der Waals surface area contributed by atoms with Gasteiger partial charge in [-0.3, -0.25) is 14.5 Å². The van der Waals surface area contributed by atoms with Crippen LogP contribution >= 0.6 is 11.3 Å². The van der Waals surface area contributed by atoms with Crippen LogP contribution in [0.1, 0.15) is 41.0 Å². The molecule has 0 spiro atoms. The highest BCUT2D eigenvalue weighted by molar-refractivity contribution is 7.20. The molecule has 1 N–H and O–H groups in total. The molecule has 2 unspecified atom stereocenters. The van der Waals surface area contributed by atoms with Crippen LogP contribution in [0.2, 0.25) is 0 Å². The summed E-state index contributed by atoms with van der Waals surface area (Å²) in [7, 11) is 1.64. The number of aromatic nitrogens is 2. The lowest BCUT2D eigenvalue weighted by Gasteiger charge is -2.34. The number of rotatable bonds is 4. The summed E-state index contributed by atoms with van der Waals surface area (Å²) in [5, 5.41) is 8.74. The first-order valence-corrected chi connectivity index (χ1v) is 11.7. The first-order chi connectivity index (χ1) is 15.4. The Morgan fingerprint density at radius 1 is 1.19 bits per heavy atom. The average molecular weight is 452 g/mol. The molecule has 0 bridgehead atoms. The van der Waals surface area contributed by atoms with Gasteiger partial charge < -0.3 is 10.2 Å². The van der Waals surface area contributed by atoms with Crippen LogP contribution in [0.5, 0.6) is 0 Å². The number of nitrogens with zero attached hydrogens (tertiary/aromatic N) is 4. The zero-order valence-corrected chi connectivity index (χ0v) is 18.9. The average Bonchev–Trinajstić information content (AvgIpc) is 3.42. The molecular formula is C23H25N5O3S. The molecule has 1 aliphatic heterocycles. The van der Waals surface area contributed by atoms with E-state index in [1.165, 1.54) is 21.1 Å². The van der Waals surface area contributed by atoms with Crippen molar-refractivity contribution in [1.82, 2.24) is 24.9 Å². The number of amides is 4. The van der Waals surface area contributed by atoms with Gasteiger partial charge >= 0.3 is 6.03 Å². The Morgan fingerprint density at radius 2 is 1.97 bits per heavy atom. The molecule has 3 aromatic rings. The van der Waals surface area contributed by atoms with E-state index in [-0.39, 0.29) is 36.5 Å². The Balaban J connectivity index is 1.33. The maximum atomic E-state index is 13.1. The second-order valence-electron chi connectivity index (χ2n) is 8.56. The first-order valence-electron chi connectivity index (χ1n) is 10.8. The van der Waals surface area contributed by atoms with Crippen molar-refractivity contribution in [3.8, 4) is 5.69 Å². The second-order valence-corrected chi connectivity index (χ2v) is 9.59. The number of carbonyl (C=O) groups excluding carboxylic acids is 3. The number of aryl methyl sites for hydroxylation is 1. The van der Waals surface area contributed by atoms with E-state index in [0.717, 1.165) is 40.9 Å². The van der Waals surface area contributed by atoms with E-state index in [2.05, 4.69) is 10.4 Å². The van der Waals surface area contributed by atoms with E-state index in [0.29, 0.717) is 11.3 Å². The minimum Gasteiger partial charge on any atom is -0.349 e. The Labute approximate surface area is 189 Å². The summed E-state index contributed by atoms with van der Waals surface area (Å²) in [6.07, 6.45) is 3.09. The summed E-state index contributed by atoms with van der Waals surface area (Å²) in [4.78, 5) is 42.1. The molecule has 166 valence electrons. The first kappa shape index (κ1) is 20.7. The number of fused-ring (bicyclic) bond motifs is 1. The Kier molecular flexibility index (Phi) is 5.21. The minimum atomic E-state index is -0.238. The van der Waals surface area contributed by atoms with Crippen molar-refractivity contribution in [1.29, 1.82) is 0 Å². The highest BCUT2D eigenvalue weighted by Gasteiger charge is 2.40. The smallest absolute Gasteiger partial charge is 0.327 e. The topological polar surface area (TPSA) is 87.5 Å². The molecule has 2 aliphatic rings. The third kappa shape index (κ3) is 3.56. The van der Waals surface area contributed by atoms with Gasteiger partial charge in [0.1, 0.15) is 11.4 Å². The van der Waals surface area contributed by atoms with Crippen LogP contribution in [0.15, 0.2) is 36.4 Å². The van der Waals surface area contributed by atoms with Crippen molar-refractivity contribution >= 4 is 39.4 Å². The second kappa shape index (κ2) is 8.05. The molecule has 8 nitrogen and oxygen atoms in total. The molecule has 0 radical (unpaired) electrons. The quantitative estimate of drug-likeness (QED) is 0.617. The van der Waals surface area contributed by atoms with E-state index >= 15 is 0 Å². The fourth-order valence-electron chi connectivity index (χ4n) is 4.69. The van der Waals surface area contributed by atoms with Gasteiger partial charge in [0, 0.05) is 24.5 Å². The zero-order valence-electron chi connectivity index (χ0n) is 18.1. The number of para-hydroxylation sites is 1. The highest BCUT2D eigenvalue weighted by atomic mass is 32.1. The fraction of sp³-hybridized carbons (Fsp3) is 0.391. The molecule has 2 aromatic heterocycles. The molecular weight excluding hydrogens is 426 g/mol. The lowest BCUT2D eigenvalue weighted by molar-refractivity contribution is -0.127. The SMILES string of the molecule is Cc1nn(-c2ccccc2)c2sc(C(=O)NC3CCCC(N4C(=O)CN(C)C4=O)C3)cc12. The van der Waals surface area contributed by atoms with Gasteiger partial charge in [-0.15, -0.1) is 11.3 Å². The zero-order chi connectivity index (χ0) is 22.4. The van der Waals surface area contributed by atoms with Crippen molar-refractivity contribution < 1.29 is 14.4 Å². The summed E-state index contributed by atoms with van der Waals surface area (Å²) in [5.74, 6) is -0.271. The van der Waals surface area contributed by atoms with Gasteiger partial charge in [-0.25, -0.2) is 9.48 Å². The van der Waals surface area contributed by atoms with E-state index < -0.39 is 0 Å². The summed E-state index contributed by atoms with van der Waals surface area (Å²) >= 11 is 1.43. The molecule has 1 saturated heterocycles. The third-order valence-electron chi connectivity index (χ3n) is 6.29. The maximum absolute atomic E-state index is 13.1. The number of thiophene rings is 1. The van der Waals surface area contributed by atoms with Crippen LogP contribution in [0.4, 0.5) is 4.79 Å². The van der Waals surface area contributed by atoms with Gasteiger partial charge in [0.25, 0.3) is 11.8 Å². The molecule has 1 saturated carbocycles. The monoisotopic (exact) mass is 451 g/mol. The summed E-state index contributed by atoms with van der Waals surface area (Å²) in [6.45, 7) is 2.08. The summed E-state index contributed by atoms with van der Waals surface area (Å²) in [5.41, 5.74) is 1.84. The lowest BCUT2D eigenvalue weighted by atomic mass is 9.90. The number of benzene rings is 1. The molecule has 5 rings (SSSR count). The molecule has 3 heterocycles. The number of hydrogen-bond donors (Lipinski definition) is 1. The Hall–Kier alpha value is -3.20. The van der Waals surface area contributed by atoms with Gasteiger partial charge in [-0.05, 0) is 50.8 Å². The van der Waals surface area contributed by atoms with Crippen molar-refractivity contribution in [3.05, 3.63) is 47.0 Å².